The van der Waals surface area contributed by atoms with E-state index in [2.05, 4.69) is 5.32 Å². The van der Waals surface area contributed by atoms with Gasteiger partial charge >= 0.3 is 0 Å². The van der Waals surface area contributed by atoms with Gasteiger partial charge in [-0.2, -0.15) is 0 Å². The molecule has 17 heavy (non-hydrogen) atoms. The lowest BCUT2D eigenvalue weighted by molar-refractivity contribution is 0.582. The Labute approximate surface area is 99.8 Å². The van der Waals surface area contributed by atoms with Crippen molar-refractivity contribution in [2.24, 2.45) is 0 Å². The molecule has 0 amide bonds. The fraction of sp³-hybridized carbons (Fsp3) is 0.455. The van der Waals surface area contributed by atoms with Crippen LogP contribution in [0.15, 0.2) is 12.1 Å². The first-order valence-corrected chi connectivity index (χ1v) is 7.23. The van der Waals surface area contributed by atoms with Crippen molar-refractivity contribution in [2.75, 3.05) is 23.9 Å². The summed E-state index contributed by atoms with van der Waals surface area (Å²) in [5.74, 6) is -1.31. The molecule has 0 radical (unpaired) electrons. The molecule has 0 aromatic heterocycles. The average Bonchev–Trinajstić information content (AvgIpc) is 2.21. The molecule has 0 saturated carbocycles. The molecule has 0 unspecified atom stereocenters. The standard InChI is InChI=1S/C11H15F2NO2S/c1-8-4-5-9(12)11(10(8)13)14-6-3-7-17(2,15)16/h4-5,14H,3,6-7H2,1-2H3. The minimum Gasteiger partial charge on any atom is -0.380 e. The third kappa shape index (κ3) is 4.30. The first-order valence-electron chi connectivity index (χ1n) is 5.17. The minimum atomic E-state index is -3.03. The number of sulfone groups is 1. The van der Waals surface area contributed by atoms with Crippen LogP contribution in [0.1, 0.15) is 12.0 Å². The number of aryl methyl sites for hydroxylation is 1. The smallest absolute Gasteiger partial charge is 0.152 e. The molecule has 0 aliphatic carbocycles. The Morgan fingerprint density at radius 3 is 2.53 bits per heavy atom. The first-order chi connectivity index (χ1) is 7.81. The number of hydrogen-bond donors (Lipinski definition) is 1. The summed E-state index contributed by atoms with van der Waals surface area (Å²) in [5, 5.41) is 2.58. The zero-order chi connectivity index (χ0) is 13.1. The minimum absolute atomic E-state index is 0.00491. The van der Waals surface area contributed by atoms with Crippen LogP contribution in [0, 0.1) is 18.6 Å². The maximum atomic E-state index is 13.5. The molecule has 96 valence electrons. The highest BCUT2D eigenvalue weighted by molar-refractivity contribution is 7.90. The molecule has 1 N–H and O–H groups in total. The van der Waals surface area contributed by atoms with Gasteiger partial charge < -0.3 is 5.32 Å². The SMILES string of the molecule is Cc1ccc(F)c(NCCCS(C)(=O)=O)c1F. The van der Waals surface area contributed by atoms with Gasteiger partial charge in [-0.1, -0.05) is 6.07 Å². The second-order valence-electron chi connectivity index (χ2n) is 3.96. The molecule has 3 nitrogen and oxygen atoms in total. The summed E-state index contributed by atoms with van der Waals surface area (Å²) < 4.78 is 48.5. The Hall–Kier alpha value is -1.17. The first kappa shape index (κ1) is 13.9. The Kier molecular flexibility index (Phi) is 4.45. The topological polar surface area (TPSA) is 46.2 Å². The monoisotopic (exact) mass is 263 g/mol. The van der Waals surface area contributed by atoms with Crippen LogP contribution in [0.2, 0.25) is 0 Å². The van der Waals surface area contributed by atoms with Crippen LogP contribution in [0.3, 0.4) is 0 Å². The Bertz CT molecular complexity index is 500. The van der Waals surface area contributed by atoms with Crippen LogP contribution in [-0.4, -0.2) is 27.0 Å². The van der Waals surface area contributed by atoms with Crippen molar-refractivity contribution in [1.29, 1.82) is 0 Å². The summed E-state index contributed by atoms with van der Waals surface area (Å²) in [7, 11) is -3.03. The number of nitrogens with one attached hydrogen (secondary N) is 1. The Morgan fingerprint density at radius 2 is 1.94 bits per heavy atom. The zero-order valence-electron chi connectivity index (χ0n) is 9.76. The highest BCUT2D eigenvalue weighted by atomic mass is 32.2. The molecular weight excluding hydrogens is 248 g/mol. The number of hydrogen-bond acceptors (Lipinski definition) is 3. The van der Waals surface area contributed by atoms with E-state index in [1.54, 1.807) is 0 Å². The summed E-state index contributed by atoms with van der Waals surface area (Å²) in [6.07, 6.45) is 1.44. The van der Waals surface area contributed by atoms with Crippen molar-refractivity contribution in [3.63, 3.8) is 0 Å². The molecule has 1 rings (SSSR count). The predicted octanol–water partition coefficient (Wildman–Crippen LogP) is 2.12. The molecule has 0 saturated heterocycles. The summed E-state index contributed by atoms with van der Waals surface area (Å²) in [6, 6.07) is 2.53. The van der Waals surface area contributed by atoms with E-state index < -0.39 is 21.5 Å². The second kappa shape index (κ2) is 5.44. The Balaban J connectivity index is 2.61. The molecule has 0 fully saturated rings. The lowest BCUT2D eigenvalue weighted by atomic mass is 10.2. The molecule has 0 atom stereocenters. The Morgan fingerprint density at radius 1 is 1.29 bits per heavy atom. The van der Waals surface area contributed by atoms with Gasteiger partial charge in [-0.3, -0.25) is 0 Å². The number of halogens is 2. The molecule has 1 aromatic rings. The van der Waals surface area contributed by atoms with Crippen molar-refractivity contribution in [3.8, 4) is 0 Å². The highest BCUT2D eigenvalue weighted by Gasteiger charge is 2.10. The largest absolute Gasteiger partial charge is 0.380 e. The van der Waals surface area contributed by atoms with Crippen LogP contribution < -0.4 is 5.32 Å². The fourth-order valence-electron chi connectivity index (χ4n) is 1.37. The van der Waals surface area contributed by atoms with Gasteiger partial charge in [0.2, 0.25) is 0 Å². The normalized spacial score (nSPS) is 11.5. The summed E-state index contributed by atoms with van der Waals surface area (Å²) in [4.78, 5) is 0. The number of benzene rings is 1. The second-order valence-corrected chi connectivity index (χ2v) is 6.22. The summed E-state index contributed by atoms with van der Waals surface area (Å²) in [6.45, 7) is 1.75. The highest BCUT2D eigenvalue weighted by Crippen LogP contribution is 2.21. The van der Waals surface area contributed by atoms with E-state index >= 15 is 0 Å². The lowest BCUT2D eigenvalue weighted by Crippen LogP contribution is -2.11. The molecule has 0 spiro atoms. The van der Waals surface area contributed by atoms with E-state index in [9.17, 15) is 17.2 Å². The molecule has 6 heteroatoms. The van der Waals surface area contributed by atoms with Crippen LogP contribution in [-0.2, 0) is 9.84 Å². The van der Waals surface area contributed by atoms with Gasteiger partial charge in [0.15, 0.2) is 5.82 Å². The third-order valence-electron chi connectivity index (χ3n) is 2.28. The van der Waals surface area contributed by atoms with Crippen LogP contribution in [0.25, 0.3) is 0 Å². The molecule has 0 aliphatic heterocycles. The van der Waals surface area contributed by atoms with Gasteiger partial charge in [0.1, 0.15) is 21.3 Å². The number of rotatable bonds is 5. The van der Waals surface area contributed by atoms with Gasteiger partial charge in [0.25, 0.3) is 0 Å². The van der Waals surface area contributed by atoms with Crippen LogP contribution in [0.4, 0.5) is 14.5 Å². The van der Waals surface area contributed by atoms with Gasteiger partial charge in [-0.15, -0.1) is 0 Å². The molecule has 0 heterocycles. The van der Waals surface area contributed by atoms with Gasteiger partial charge in [0.05, 0.1) is 5.75 Å². The van der Waals surface area contributed by atoms with Crippen LogP contribution in [0.5, 0.6) is 0 Å². The fourth-order valence-corrected chi connectivity index (χ4v) is 2.04. The van der Waals surface area contributed by atoms with Crippen LogP contribution >= 0.6 is 0 Å². The molecule has 0 aliphatic rings. The van der Waals surface area contributed by atoms with E-state index in [0.29, 0.717) is 12.0 Å². The third-order valence-corrected chi connectivity index (χ3v) is 3.31. The molecule has 0 bridgehead atoms. The summed E-state index contributed by atoms with van der Waals surface area (Å²) in [5.41, 5.74) is 0.149. The summed E-state index contributed by atoms with van der Waals surface area (Å²) >= 11 is 0. The maximum Gasteiger partial charge on any atom is 0.152 e. The van der Waals surface area contributed by atoms with Gasteiger partial charge in [0, 0.05) is 12.8 Å². The van der Waals surface area contributed by atoms with Crippen molar-refractivity contribution in [2.45, 2.75) is 13.3 Å². The van der Waals surface area contributed by atoms with E-state index in [1.807, 2.05) is 0 Å². The van der Waals surface area contributed by atoms with E-state index in [0.717, 1.165) is 6.26 Å². The van der Waals surface area contributed by atoms with Gasteiger partial charge in [-0.25, -0.2) is 17.2 Å². The lowest BCUT2D eigenvalue weighted by Gasteiger charge is -2.09. The average molecular weight is 263 g/mol. The van der Waals surface area contributed by atoms with Crippen molar-refractivity contribution in [1.82, 2.24) is 0 Å². The van der Waals surface area contributed by atoms with E-state index in [-0.39, 0.29) is 18.0 Å². The number of anilines is 1. The zero-order valence-corrected chi connectivity index (χ0v) is 10.6. The predicted molar refractivity (Wildman–Crippen MR) is 63.9 cm³/mol. The molecule has 1 aromatic carbocycles. The molecular formula is C11H15F2NO2S. The van der Waals surface area contributed by atoms with Crippen molar-refractivity contribution in [3.05, 3.63) is 29.3 Å². The van der Waals surface area contributed by atoms with E-state index in [1.165, 1.54) is 19.1 Å². The quantitative estimate of drug-likeness (QED) is 0.828. The van der Waals surface area contributed by atoms with Gasteiger partial charge in [-0.05, 0) is 25.0 Å². The maximum absolute atomic E-state index is 13.5. The van der Waals surface area contributed by atoms with Crippen molar-refractivity contribution < 1.29 is 17.2 Å². The van der Waals surface area contributed by atoms with E-state index in [4.69, 9.17) is 0 Å². The van der Waals surface area contributed by atoms with Crippen molar-refractivity contribution >= 4 is 15.5 Å².